The summed E-state index contributed by atoms with van der Waals surface area (Å²) in [6, 6.07) is 9.79. The second-order valence-electron chi connectivity index (χ2n) is 6.61. The summed E-state index contributed by atoms with van der Waals surface area (Å²) in [5.41, 5.74) is 2.80. The number of hydrogen-bond donors (Lipinski definition) is 1. The number of aliphatic hydroxyl groups excluding tert-OH is 1. The average molecular weight is 351 g/mol. The van der Waals surface area contributed by atoms with E-state index in [-0.39, 0.29) is 6.61 Å². The van der Waals surface area contributed by atoms with Gasteiger partial charge in [-0.2, -0.15) is 4.98 Å². The maximum atomic E-state index is 9.35. The number of nitrogens with zero attached hydrogens (tertiary/aromatic N) is 5. The number of hydrogen-bond acceptors (Lipinski definition) is 7. The summed E-state index contributed by atoms with van der Waals surface area (Å²) in [7, 11) is 0. The zero-order chi connectivity index (χ0) is 17.8. The molecule has 2 aromatic heterocycles. The van der Waals surface area contributed by atoms with Crippen molar-refractivity contribution in [1.82, 2.24) is 25.0 Å². The van der Waals surface area contributed by atoms with E-state index in [4.69, 9.17) is 4.52 Å². The molecular weight excluding hydrogens is 330 g/mol. The van der Waals surface area contributed by atoms with Crippen LogP contribution in [0.5, 0.6) is 0 Å². The lowest BCUT2D eigenvalue weighted by molar-refractivity contribution is 0.107. The van der Waals surface area contributed by atoms with Gasteiger partial charge < -0.3 is 9.63 Å². The summed E-state index contributed by atoms with van der Waals surface area (Å²) in [4.78, 5) is 15.0. The first-order valence-corrected chi connectivity index (χ1v) is 8.84. The fraction of sp³-hybridized carbons (Fsp3) is 0.368. The monoisotopic (exact) mass is 351 g/mol. The number of piperidine rings is 1. The number of aliphatic hydroxyl groups is 1. The van der Waals surface area contributed by atoms with Crippen LogP contribution in [0.3, 0.4) is 0 Å². The quantitative estimate of drug-likeness (QED) is 0.755. The number of likely N-dealkylation sites (tertiary alicyclic amines) is 1. The maximum absolute atomic E-state index is 9.35. The largest absolute Gasteiger partial charge is 0.396 e. The first-order valence-electron chi connectivity index (χ1n) is 8.84. The molecule has 26 heavy (non-hydrogen) atoms. The molecule has 1 saturated heterocycles. The summed E-state index contributed by atoms with van der Waals surface area (Å²) in [5, 5.41) is 13.5. The van der Waals surface area contributed by atoms with E-state index in [0.717, 1.165) is 42.8 Å². The molecule has 1 N–H and O–H groups in total. The Kier molecular flexibility index (Phi) is 4.99. The second-order valence-corrected chi connectivity index (χ2v) is 6.61. The van der Waals surface area contributed by atoms with Crippen LogP contribution in [0.2, 0.25) is 0 Å². The van der Waals surface area contributed by atoms with Gasteiger partial charge in [0, 0.05) is 30.5 Å². The molecule has 3 aromatic rings. The van der Waals surface area contributed by atoms with Gasteiger partial charge in [0.25, 0.3) is 0 Å². The molecule has 0 spiro atoms. The van der Waals surface area contributed by atoms with Gasteiger partial charge in [-0.25, -0.2) is 9.97 Å². The van der Waals surface area contributed by atoms with Crippen molar-refractivity contribution < 1.29 is 9.63 Å². The zero-order valence-electron chi connectivity index (χ0n) is 14.5. The van der Waals surface area contributed by atoms with Gasteiger partial charge in [0.05, 0.1) is 12.2 Å². The highest BCUT2D eigenvalue weighted by molar-refractivity contribution is 5.64. The van der Waals surface area contributed by atoms with E-state index in [2.05, 4.69) is 25.0 Å². The minimum atomic E-state index is 0.240. The van der Waals surface area contributed by atoms with Crippen LogP contribution in [0.25, 0.3) is 22.6 Å². The maximum Gasteiger partial charge on any atom is 0.241 e. The van der Waals surface area contributed by atoms with Crippen LogP contribution < -0.4 is 0 Å². The third-order valence-corrected chi connectivity index (χ3v) is 4.71. The van der Waals surface area contributed by atoms with Crippen molar-refractivity contribution >= 4 is 0 Å². The van der Waals surface area contributed by atoms with Gasteiger partial charge in [-0.1, -0.05) is 29.4 Å². The molecule has 0 saturated carbocycles. The van der Waals surface area contributed by atoms with Gasteiger partial charge in [0.15, 0.2) is 0 Å². The van der Waals surface area contributed by atoms with Crippen molar-refractivity contribution in [2.75, 3.05) is 19.7 Å². The van der Waals surface area contributed by atoms with Crippen LogP contribution in [0.4, 0.5) is 0 Å². The fourth-order valence-electron chi connectivity index (χ4n) is 3.32. The molecule has 7 heteroatoms. The first kappa shape index (κ1) is 16.8. The molecule has 0 radical (unpaired) electrons. The molecule has 1 unspecified atom stereocenters. The summed E-state index contributed by atoms with van der Waals surface area (Å²) in [6.07, 6.45) is 5.44. The molecule has 1 fully saturated rings. The lowest BCUT2D eigenvalue weighted by atomic mass is 9.99. The van der Waals surface area contributed by atoms with Crippen molar-refractivity contribution in [3.63, 3.8) is 0 Å². The third-order valence-electron chi connectivity index (χ3n) is 4.71. The van der Waals surface area contributed by atoms with Crippen LogP contribution >= 0.6 is 0 Å². The predicted octanol–water partition coefficient (Wildman–Crippen LogP) is 2.40. The minimum absolute atomic E-state index is 0.240. The Balaban J connectivity index is 1.44. The molecular formula is C19H21N5O2. The van der Waals surface area contributed by atoms with E-state index in [1.165, 1.54) is 6.33 Å². The summed E-state index contributed by atoms with van der Waals surface area (Å²) >= 11 is 0. The lowest BCUT2D eigenvalue weighted by Crippen LogP contribution is -2.36. The van der Waals surface area contributed by atoms with Gasteiger partial charge in [-0.3, -0.25) is 4.90 Å². The first-order chi connectivity index (χ1) is 12.8. The predicted molar refractivity (Wildman–Crippen MR) is 95.8 cm³/mol. The average Bonchev–Trinajstić information content (AvgIpc) is 3.17. The van der Waals surface area contributed by atoms with Crippen LogP contribution in [0.1, 0.15) is 18.7 Å². The highest BCUT2D eigenvalue weighted by Crippen LogP contribution is 2.23. The van der Waals surface area contributed by atoms with Gasteiger partial charge in [0.2, 0.25) is 11.7 Å². The van der Waals surface area contributed by atoms with Crippen molar-refractivity contribution in [3.05, 3.63) is 48.7 Å². The summed E-state index contributed by atoms with van der Waals surface area (Å²) in [6.45, 7) is 2.75. The molecule has 3 heterocycles. The smallest absolute Gasteiger partial charge is 0.241 e. The lowest BCUT2D eigenvalue weighted by Gasteiger charge is -2.30. The van der Waals surface area contributed by atoms with Crippen molar-refractivity contribution in [3.8, 4) is 22.6 Å². The molecule has 1 aliphatic rings. The Bertz CT molecular complexity index is 835. The Hall–Kier alpha value is -2.64. The van der Waals surface area contributed by atoms with Crippen LogP contribution in [0, 0.1) is 5.92 Å². The normalized spacial score (nSPS) is 18.1. The topological polar surface area (TPSA) is 88.2 Å². The van der Waals surface area contributed by atoms with E-state index in [9.17, 15) is 5.11 Å². The molecule has 1 aromatic carbocycles. The highest BCUT2D eigenvalue weighted by atomic mass is 16.5. The molecule has 0 amide bonds. The van der Waals surface area contributed by atoms with Crippen LogP contribution in [-0.4, -0.2) is 49.8 Å². The van der Waals surface area contributed by atoms with E-state index >= 15 is 0 Å². The highest BCUT2D eigenvalue weighted by Gasteiger charge is 2.21. The Labute approximate surface area is 151 Å². The molecule has 1 aliphatic heterocycles. The van der Waals surface area contributed by atoms with Gasteiger partial charge in [-0.15, -0.1) is 0 Å². The molecule has 4 rings (SSSR count). The molecule has 0 aliphatic carbocycles. The number of rotatable bonds is 5. The van der Waals surface area contributed by atoms with Gasteiger partial charge in [-0.05, 0) is 31.4 Å². The molecule has 0 bridgehead atoms. The van der Waals surface area contributed by atoms with Crippen LogP contribution in [-0.2, 0) is 6.54 Å². The Morgan fingerprint density at radius 1 is 1.15 bits per heavy atom. The number of benzene rings is 1. The Morgan fingerprint density at radius 2 is 2.00 bits per heavy atom. The van der Waals surface area contributed by atoms with Crippen molar-refractivity contribution in [1.29, 1.82) is 0 Å². The molecule has 7 nitrogen and oxygen atoms in total. The second kappa shape index (κ2) is 7.72. The molecule has 1 atom stereocenters. The van der Waals surface area contributed by atoms with Gasteiger partial charge >= 0.3 is 0 Å². The number of aromatic nitrogens is 4. The SMILES string of the molecule is OCC1CCCN(Cc2nc(-c3ccc(-c4ccncn4)cc3)no2)C1. The van der Waals surface area contributed by atoms with E-state index < -0.39 is 0 Å². The standard InChI is InChI=1S/C19H21N5O2/c25-12-14-2-1-9-24(10-14)11-18-22-19(23-26-18)16-5-3-15(4-6-16)17-7-8-20-13-21-17/h3-8,13-14,25H,1-2,9-12H2. The fourth-order valence-corrected chi connectivity index (χ4v) is 3.32. The third kappa shape index (κ3) is 3.79. The zero-order valence-corrected chi connectivity index (χ0v) is 14.5. The van der Waals surface area contributed by atoms with E-state index in [1.54, 1.807) is 6.20 Å². The van der Waals surface area contributed by atoms with Gasteiger partial charge in [0.1, 0.15) is 6.33 Å². The summed E-state index contributed by atoms with van der Waals surface area (Å²) < 4.78 is 5.42. The minimum Gasteiger partial charge on any atom is -0.396 e. The van der Waals surface area contributed by atoms with E-state index in [1.807, 2.05) is 30.3 Å². The van der Waals surface area contributed by atoms with Crippen LogP contribution in [0.15, 0.2) is 47.4 Å². The van der Waals surface area contributed by atoms with E-state index in [0.29, 0.717) is 24.2 Å². The van der Waals surface area contributed by atoms with Crippen molar-refractivity contribution in [2.24, 2.45) is 5.92 Å². The summed E-state index contributed by atoms with van der Waals surface area (Å²) in [5.74, 6) is 1.55. The Morgan fingerprint density at radius 3 is 2.77 bits per heavy atom. The van der Waals surface area contributed by atoms with Crippen molar-refractivity contribution in [2.45, 2.75) is 19.4 Å². The molecule has 134 valence electrons.